The average molecular weight is 355 g/mol. The third-order valence-corrected chi connectivity index (χ3v) is 5.17. The lowest BCUT2D eigenvalue weighted by Crippen LogP contribution is -2.21. The SMILES string of the molecule is CC(C)(C)c1ccc(NC(=O)N=NC2=C(O)C3CCCCC3C2=O)cc1. The maximum Gasteiger partial charge on any atom is 0.364 e. The van der Waals surface area contributed by atoms with Crippen molar-refractivity contribution in [3.63, 3.8) is 0 Å². The number of nitrogens with zero attached hydrogens (tertiary/aromatic N) is 2. The van der Waals surface area contributed by atoms with Crippen LogP contribution in [0.2, 0.25) is 0 Å². The largest absolute Gasteiger partial charge is 0.510 e. The number of amides is 2. The van der Waals surface area contributed by atoms with Crippen LogP contribution in [0.5, 0.6) is 0 Å². The third-order valence-electron chi connectivity index (χ3n) is 5.17. The third kappa shape index (κ3) is 3.69. The quantitative estimate of drug-likeness (QED) is 0.721. The van der Waals surface area contributed by atoms with Crippen LogP contribution in [0, 0.1) is 11.8 Å². The molecule has 26 heavy (non-hydrogen) atoms. The number of ketones is 1. The van der Waals surface area contributed by atoms with Crippen LogP contribution < -0.4 is 5.32 Å². The van der Waals surface area contributed by atoms with Crippen molar-refractivity contribution < 1.29 is 14.7 Å². The molecule has 3 rings (SSSR count). The molecule has 138 valence electrons. The molecule has 2 amide bonds. The number of hydrogen-bond donors (Lipinski definition) is 2. The van der Waals surface area contributed by atoms with E-state index in [2.05, 4.69) is 36.3 Å². The number of anilines is 1. The molecule has 1 aromatic carbocycles. The predicted octanol–water partition coefficient (Wildman–Crippen LogP) is 5.13. The standard InChI is InChI=1S/C20H25N3O3/c1-20(2,3)12-8-10-13(11-9-12)21-19(26)23-22-16-17(24)14-6-4-5-7-15(14)18(16)25/h8-11,14-15,24H,4-7H2,1-3H3,(H,21,26). The minimum Gasteiger partial charge on any atom is -0.510 e. The Morgan fingerprint density at radius 1 is 1.12 bits per heavy atom. The van der Waals surface area contributed by atoms with Gasteiger partial charge in [0, 0.05) is 17.5 Å². The molecule has 0 radical (unpaired) electrons. The molecule has 6 nitrogen and oxygen atoms in total. The summed E-state index contributed by atoms with van der Waals surface area (Å²) in [6.07, 6.45) is 3.52. The number of nitrogens with one attached hydrogen (secondary N) is 1. The first kappa shape index (κ1) is 18.3. The van der Waals surface area contributed by atoms with Gasteiger partial charge in [-0.15, -0.1) is 5.11 Å². The van der Waals surface area contributed by atoms with E-state index in [0.717, 1.165) is 31.2 Å². The minimum atomic E-state index is -0.670. The van der Waals surface area contributed by atoms with Gasteiger partial charge in [-0.1, -0.05) is 50.9 Å². The molecule has 0 bridgehead atoms. The fourth-order valence-corrected chi connectivity index (χ4v) is 3.65. The molecule has 0 heterocycles. The molecule has 2 N–H and O–H groups in total. The summed E-state index contributed by atoms with van der Waals surface area (Å²) >= 11 is 0. The van der Waals surface area contributed by atoms with Gasteiger partial charge in [-0.2, -0.15) is 0 Å². The molecule has 0 aromatic heterocycles. The highest BCUT2D eigenvalue weighted by Crippen LogP contribution is 2.42. The number of urea groups is 1. The van der Waals surface area contributed by atoms with Gasteiger partial charge in [0.1, 0.15) is 5.76 Å². The fourth-order valence-electron chi connectivity index (χ4n) is 3.65. The maximum atomic E-state index is 12.3. The molecule has 1 fully saturated rings. The summed E-state index contributed by atoms with van der Waals surface area (Å²) in [5.41, 5.74) is 1.74. The van der Waals surface area contributed by atoms with Crippen LogP contribution in [0.1, 0.15) is 52.0 Å². The van der Waals surface area contributed by atoms with E-state index >= 15 is 0 Å². The topological polar surface area (TPSA) is 91.1 Å². The lowest BCUT2D eigenvalue weighted by Gasteiger charge is -2.23. The Labute approximate surface area is 153 Å². The van der Waals surface area contributed by atoms with Crippen LogP contribution in [0.3, 0.4) is 0 Å². The van der Waals surface area contributed by atoms with E-state index in [0.29, 0.717) is 5.69 Å². The molecule has 0 spiro atoms. The van der Waals surface area contributed by atoms with Crippen LogP contribution >= 0.6 is 0 Å². The Morgan fingerprint density at radius 2 is 1.73 bits per heavy atom. The molecule has 1 saturated carbocycles. The van der Waals surface area contributed by atoms with E-state index in [-0.39, 0.29) is 34.5 Å². The molecular formula is C20H25N3O3. The van der Waals surface area contributed by atoms with E-state index in [9.17, 15) is 14.7 Å². The zero-order chi connectivity index (χ0) is 18.9. The van der Waals surface area contributed by atoms with Crippen molar-refractivity contribution in [2.24, 2.45) is 22.1 Å². The number of carbonyl (C=O) groups is 2. The maximum absolute atomic E-state index is 12.3. The molecule has 2 unspecified atom stereocenters. The molecule has 6 heteroatoms. The first-order valence-electron chi connectivity index (χ1n) is 9.08. The number of rotatable bonds is 2. The number of hydrogen-bond acceptors (Lipinski definition) is 4. The number of benzene rings is 1. The summed E-state index contributed by atoms with van der Waals surface area (Å²) in [5.74, 6) is -0.562. The Balaban J connectivity index is 1.66. The summed E-state index contributed by atoms with van der Waals surface area (Å²) in [7, 11) is 0. The lowest BCUT2D eigenvalue weighted by molar-refractivity contribution is -0.120. The minimum absolute atomic E-state index is 0.00854. The molecule has 1 aromatic rings. The number of fused-ring (bicyclic) bond motifs is 1. The van der Waals surface area contributed by atoms with Crippen LogP contribution in [-0.2, 0) is 10.2 Å². The van der Waals surface area contributed by atoms with Gasteiger partial charge in [-0.05, 0) is 36.0 Å². The monoisotopic (exact) mass is 355 g/mol. The van der Waals surface area contributed by atoms with Crippen LogP contribution in [-0.4, -0.2) is 16.9 Å². The van der Waals surface area contributed by atoms with E-state index in [1.54, 1.807) is 12.1 Å². The Hall–Kier alpha value is -2.50. The lowest BCUT2D eigenvalue weighted by atomic mass is 9.80. The van der Waals surface area contributed by atoms with Gasteiger partial charge in [0.25, 0.3) is 0 Å². The highest BCUT2D eigenvalue weighted by atomic mass is 16.3. The summed E-state index contributed by atoms with van der Waals surface area (Å²) in [4.78, 5) is 24.3. The number of Topliss-reactive ketones (excluding diaryl/α,β-unsaturated/α-hetero) is 1. The van der Waals surface area contributed by atoms with E-state index in [4.69, 9.17) is 0 Å². The summed E-state index contributed by atoms with van der Waals surface area (Å²) < 4.78 is 0. The van der Waals surface area contributed by atoms with Gasteiger partial charge >= 0.3 is 6.03 Å². The molecule has 0 aliphatic heterocycles. The second kappa shape index (κ2) is 7.02. The van der Waals surface area contributed by atoms with Crippen LogP contribution in [0.25, 0.3) is 0 Å². The first-order valence-corrected chi connectivity index (χ1v) is 9.08. The summed E-state index contributed by atoms with van der Waals surface area (Å²) in [5, 5.41) is 20.2. The summed E-state index contributed by atoms with van der Waals surface area (Å²) in [6.45, 7) is 6.35. The zero-order valence-corrected chi connectivity index (χ0v) is 15.5. The normalized spacial score (nSPS) is 23.4. The van der Waals surface area contributed by atoms with Crippen molar-refractivity contribution >= 4 is 17.5 Å². The fraction of sp³-hybridized carbons (Fsp3) is 0.500. The predicted molar refractivity (Wildman–Crippen MR) is 99.1 cm³/mol. The van der Waals surface area contributed by atoms with E-state index < -0.39 is 6.03 Å². The van der Waals surface area contributed by atoms with Crippen LogP contribution in [0.4, 0.5) is 10.5 Å². The Kier molecular flexibility index (Phi) is 4.94. The van der Waals surface area contributed by atoms with Crippen molar-refractivity contribution in [1.82, 2.24) is 0 Å². The zero-order valence-electron chi connectivity index (χ0n) is 15.5. The number of allylic oxidation sites excluding steroid dienone is 2. The Bertz CT molecular complexity index is 772. The van der Waals surface area contributed by atoms with Gasteiger partial charge in [-0.25, -0.2) is 4.79 Å². The molecule has 0 saturated heterocycles. The van der Waals surface area contributed by atoms with Crippen molar-refractivity contribution in [3.8, 4) is 0 Å². The smallest absolute Gasteiger partial charge is 0.364 e. The van der Waals surface area contributed by atoms with E-state index in [1.165, 1.54) is 0 Å². The highest BCUT2D eigenvalue weighted by Gasteiger charge is 2.43. The van der Waals surface area contributed by atoms with Gasteiger partial charge < -0.3 is 10.4 Å². The van der Waals surface area contributed by atoms with Gasteiger partial charge in [0.05, 0.1) is 0 Å². The number of azo groups is 1. The molecule has 2 aliphatic rings. The molecular weight excluding hydrogens is 330 g/mol. The highest BCUT2D eigenvalue weighted by molar-refractivity contribution is 6.00. The molecule has 2 aliphatic carbocycles. The second-order valence-electron chi connectivity index (χ2n) is 8.05. The van der Waals surface area contributed by atoms with Crippen molar-refractivity contribution in [1.29, 1.82) is 0 Å². The first-order chi connectivity index (χ1) is 12.3. The van der Waals surface area contributed by atoms with Gasteiger partial charge in [0.2, 0.25) is 0 Å². The van der Waals surface area contributed by atoms with Crippen molar-refractivity contribution in [2.75, 3.05) is 5.32 Å². The second-order valence-corrected chi connectivity index (χ2v) is 8.05. The van der Waals surface area contributed by atoms with E-state index in [1.807, 2.05) is 12.1 Å². The van der Waals surface area contributed by atoms with Crippen molar-refractivity contribution in [3.05, 3.63) is 41.3 Å². The number of carbonyl (C=O) groups excluding carboxylic acids is 2. The average Bonchev–Trinajstić information content (AvgIpc) is 2.84. The van der Waals surface area contributed by atoms with Crippen molar-refractivity contribution in [2.45, 2.75) is 51.9 Å². The Morgan fingerprint density at radius 3 is 2.31 bits per heavy atom. The summed E-state index contributed by atoms with van der Waals surface area (Å²) in [6, 6.07) is 6.84. The van der Waals surface area contributed by atoms with Gasteiger partial charge in [-0.3, -0.25) is 4.79 Å². The molecule has 2 atom stereocenters. The van der Waals surface area contributed by atoms with Crippen LogP contribution in [0.15, 0.2) is 46.0 Å². The number of aliphatic hydroxyl groups is 1. The number of aliphatic hydroxyl groups excluding tert-OH is 1. The van der Waals surface area contributed by atoms with Gasteiger partial charge in [0.15, 0.2) is 11.5 Å².